The predicted molar refractivity (Wildman–Crippen MR) is 373 cm³/mol. The number of para-hydroxylation sites is 3. The van der Waals surface area contributed by atoms with Gasteiger partial charge in [-0.3, -0.25) is 0 Å². The lowest BCUT2D eigenvalue weighted by atomic mass is 10.1. The summed E-state index contributed by atoms with van der Waals surface area (Å²) < 4.78 is 12.1. The third-order valence-corrected chi connectivity index (χ3v) is 17.0. The minimum absolute atomic E-state index is 0. The summed E-state index contributed by atoms with van der Waals surface area (Å²) >= 11 is 24.2. The van der Waals surface area contributed by atoms with Gasteiger partial charge in [-0.15, -0.1) is 0 Å². The summed E-state index contributed by atoms with van der Waals surface area (Å²) in [5.74, 6) is 1.66. The van der Waals surface area contributed by atoms with Crippen LogP contribution in [0, 0.1) is 0 Å². The molecule has 12 nitrogen and oxygen atoms in total. The first-order valence-electron chi connectivity index (χ1n) is 29.6. The molecule has 18 aromatic rings. The number of fused-ring (bicyclic) bond motifs is 18. The summed E-state index contributed by atoms with van der Waals surface area (Å²) in [4.78, 5) is 0. The van der Waals surface area contributed by atoms with E-state index in [1.807, 2.05) is 267 Å². The predicted octanol–water partition coefficient (Wildman–Crippen LogP) is -1.66. The fourth-order valence-electron chi connectivity index (χ4n) is 11.6. The van der Waals surface area contributed by atoms with Gasteiger partial charge in [0, 0.05) is 113 Å². The molecule has 0 saturated carbocycles. The van der Waals surface area contributed by atoms with Crippen LogP contribution < -0.4 is 105 Å². The second kappa shape index (κ2) is 34.6. The first-order valence-corrected chi connectivity index (χ1v) is 31.2. The standard InChI is InChI=1S/4C13H8ClNO.2C13H9NO.BrH.5ClH/c14-10-5-3-6-11-13(10)12(16)8-9-4-1-2-7-15(9)11;14-11-6-3-5-10-12(16)8-9-4-1-2-7-15(9)13(10)11;14-9-4-5-12-11(7-9)13(16)8-10-3-1-2-6-15(10)12;14-9-4-5-11-12(7-9)15-6-2-1-3-10(15)8-13(11)16;2*15-13-9-10-5-3-4-8-14(10)12-7-2-1-6-11(12)13;;;;;;/h4*1-8H;2*1-9H;6*1H. The Morgan fingerprint density at radius 2 is 0.520 bits per heavy atom. The highest BCUT2D eigenvalue weighted by atomic mass is 79.9. The van der Waals surface area contributed by atoms with E-state index in [1.54, 1.807) is 54.6 Å². The molecule has 0 spiro atoms. The van der Waals surface area contributed by atoms with Crippen molar-refractivity contribution < 1.29 is 136 Å². The number of hydrogen-bond donors (Lipinski definition) is 6. The lowest BCUT2D eigenvalue weighted by Crippen LogP contribution is -3.00. The molecule has 0 aliphatic carbocycles. The van der Waals surface area contributed by atoms with Gasteiger partial charge in [-0.2, -0.15) is 26.4 Å². The van der Waals surface area contributed by atoms with Crippen molar-refractivity contribution in [1.82, 2.24) is 0 Å². The second-order valence-corrected chi connectivity index (χ2v) is 23.5. The molecular weight excluding hydrogens is 1520 g/mol. The van der Waals surface area contributed by atoms with Crippen LogP contribution in [-0.4, -0.2) is 30.6 Å². The molecule has 0 aliphatic rings. The van der Waals surface area contributed by atoms with Crippen molar-refractivity contribution >= 4 is 145 Å². The van der Waals surface area contributed by atoms with Gasteiger partial charge in [0.05, 0.1) is 68.4 Å². The monoisotopic (exact) mass is 1570 g/mol. The highest BCUT2D eigenvalue weighted by Gasteiger charge is 2.19. The molecule has 0 bridgehead atoms. The maximum atomic E-state index is 9.95. The van der Waals surface area contributed by atoms with Crippen LogP contribution in [0.5, 0.6) is 34.5 Å². The summed E-state index contributed by atoms with van der Waals surface area (Å²) in [5.41, 5.74) is 11.4. The smallest absolute Gasteiger partial charge is 0.240 e. The number of pyridine rings is 12. The van der Waals surface area contributed by atoms with Gasteiger partial charge >= 0.3 is 0 Å². The van der Waals surface area contributed by atoms with Crippen molar-refractivity contribution in [1.29, 1.82) is 0 Å². The third-order valence-electron chi connectivity index (χ3n) is 15.9. The second-order valence-electron chi connectivity index (χ2n) is 21.8. The minimum Gasteiger partial charge on any atom is -1.00 e. The van der Waals surface area contributed by atoms with Gasteiger partial charge in [-0.1, -0.05) is 82.8 Å². The first-order chi connectivity index (χ1) is 45.8. The maximum absolute atomic E-state index is 9.95. The van der Waals surface area contributed by atoms with Crippen LogP contribution in [-0.2, 0) is 0 Å². The van der Waals surface area contributed by atoms with Crippen molar-refractivity contribution in [2.75, 3.05) is 0 Å². The molecule has 0 fully saturated rings. The summed E-state index contributed by atoms with van der Waals surface area (Å²) in [6, 6.07) is 83.4. The topological polar surface area (TPSA) is 146 Å². The molecule has 100 heavy (non-hydrogen) atoms. The van der Waals surface area contributed by atoms with Crippen LogP contribution in [0.1, 0.15) is 0 Å². The van der Waals surface area contributed by atoms with Crippen LogP contribution in [0.3, 0.4) is 0 Å². The molecule has 0 amide bonds. The van der Waals surface area contributed by atoms with Gasteiger partial charge in [0.15, 0.2) is 37.2 Å². The zero-order chi connectivity index (χ0) is 65.0. The Labute approximate surface area is 634 Å². The molecule has 6 N–H and O–H groups in total. The van der Waals surface area contributed by atoms with Gasteiger partial charge in [0.1, 0.15) is 44.9 Å². The third kappa shape index (κ3) is 16.2. The molecule has 0 atom stereocenters. The Kier molecular flexibility index (Phi) is 26.9. The fraction of sp³-hybridized carbons (Fsp3) is 0. The number of hydrogen-bond acceptors (Lipinski definition) is 6. The molecule has 12 heterocycles. The number of aromatic nitrogens is 6. The molecule has 0 aliphatic heterocycles. The lowest BCUT2D eigenvalue weighted by molar-refractivity contribution is -0.482. The Morgan fingerprint density at radius 1 is 0.220 bits per heavy atom. The van der Waals surface area contributed by atoms with Gasteiger partial charge < -0.3 is 110 Å². The van der Waals surface area contributed by atoms with E-state index in [1.165, 1.54) is 0 Å². The Morgan fingerprint density at radius 3 is 0.990 bits per heavy atom. The van der Waals surface area contributed by atoms with E-state index >= 15 is 0 Å². The van der Waals surface area contributed by atoms with E-state index in [2.05, 4.69) is 8.80 Å². The average Bonchev–Trinajstić information content (AvgIpc) is 0.907. The number of benzene rings is 6. The summed E-state index contributed by atoms with van der Waals surface area (Å²) in [6.45, 7) is 0. The van der Waals surface area contributed by atoms with E-state index < -0.39 is 0 Å². The molecular formula is C78H56BrCl9N6O6. The van der Waals surface area contributed by atoms with E-state index in [0.717, 1.165) is 93.1 Å². The van der Waals surface area contributed by atoms with Gasteiger partial charge in [-0.25, -0.2) is 0 Å². The zero-order valence-electron chi connectivity index (χ0n) is 52.0. The highest BCUT2D eigenvalue weighted by molar-refractivity contribution is 6.36. The normalized spacial score (nSPS) is 10.4. The molecule has 0 radical (unpaired) electrons. The molecule has 12 aromatic heterocycles. The van der Waals surface area contributed by atoms with E-state index in [-0.39, 0.29) is 102 Å². The SMILES string of the molecule is Oc1cc2cccc[n+]2c2c(Cl)cccc12.Oc1cc2cccc[n+]2c2cc(Cl)ccc12.Oc1cc2cccc[n+]2c2ccc(Cl)cc12.Oc1cc2cccc[n+]2c2cccc(Cl)c12.Oc1cc2cccc[n+]2c2ccccc12.Oc1cc2cccc[n+]2c2ccccc12.[Br-].[Cl-].[Cl-].[Cl-].[Cl-].[Cl-]. The largest absolute Gasteiger partial charge is 1.00 e. The number of rotatable bonds is 0. The van der Waals surface area contributed by atoms with Crippen molar-refractivity contribution in [2.45, 2.75) is 0 Å². The summed E-state index contributed by atoms with van der Waals surface area (Å²) in [5, 5.41) is 66.7. The fourth-order valence-corrected chi connectivity index (χ4v) is 12.5. The highest BCUT2D eigenvalue weighted by Crippen LogP contribution is 2.33. The molecule has 504 valence electrons. The molecule has 6 aromatic carbocycles. The van der Waals surface area contributed by atoms with Crippen molar-refractivity contribution in [3.05, 3.63) is 324 Å². The number of aromatic hydroxyl groups is 6. The van der Waals surface area contributed by atoms with Crippen LogP contribution in [0.15, 0.2) is 304 Å². The Hall–Kier alpha value is -9.45. The maximum Gasteiger partial charge on any atom is 0.240 e. The summed E-state index contributed by atoms with van der Waals surface area (Å²) in [6.07, 6.45) is 11.8. The molecule has 22 heteroatoms. The first kappa shape index (κ1) is 77.9. The number of nitrogens with zero attached hydrogens (tertiary/aromatic N) is 6. The Balaban J connectivity index is 0.000000167. The lowest BCUT2D eigenvalue weighted by Gasteiger charge is -2.01. The van der Waals surface area contributed by atoms with Gasteiger partial charge in [0.2, 0.25) is 66.2 Å². The van der Waals surface area contributed by atoms with E-state index in [4.69, 9.17) is 46.4 Å². The van der Waals surface area contributed by atoms with Crippen molar-refractivity contribution in [3.8, 4) is 34.5 Å². The van der Waals surface area contributed by atoms with Crippen molar-refractivity contribution in [3.63, 3.8) is 0 Å². The molecule has 0 unspecified atom stereocenters. The average molecular weight is 1570 g/mol. The molecule has 0 saturated heterocycles. The van der Waals surface area contributed by atoms with Gasteiger partial charge in [-0.05, 0) is 91.0 Å². The quantitative estimate of drug-likeness (QED) is 0.0794. The van der Waals surface area contributed by atoms with Gasteiger partial charge in [0.25, 0.3) is 0 Å². The number of halogens is 10. The van der Waals surface area contributed by atoms with E-state index in [0.29, 0.717) is 37.0 Å². The zero-order valence-corrected chi connectivity index (χ0v) is 60.4. The van der Waals surface area contributed by atoms with Crippen molar-refractivity contribution in [2.24, 2.45) is 0 Å². The summed E-state index contributed by atoms with van der Waals surface area (Å²) in [7, 11) is 0. The van der Waals surface area contributed by atoms with Crippen LogP contribution >= 0.6 is 46.4 Å². The van der Waals surface area contributed by atoms with Crippen LogP contribution in [0.4, 0.5) is 0 Å². The van der Waals surface area contributed by atoms with Crippen LogP contribution in [0.2, 0.25) is 20.1 Å². The Bertz CT molecular complexity index is 5800. The van der Waals surface area contributed by atoms with Crippen LogP contribution in [0.25, 0.3) is 98.5 Å². The molecule has 18 rings (SSSR count). The van der Waals surface area contributed by atoms with E-state index in [9.17, 15) is 30.6 Å². The minimum atomic E-state index is 0.